The van der Waals surface area contributed by atoms with Crippen molar-refractivity contribution < 1.29 is 41.7 Å². The molecule has 11 heteroatoms. The van der Waals surface area contributed by atoms with Crippen LogP contribution in [0.15, 0.2) is 12.1 Å². The number of ether oxygens (including phenoxy) is 1. The fraction of sp³-hybridized carbons (Fsp3) is 0.222. The summed E-state index contributed by atoms with van der Waals surface area (Å²) in [5.74, 6) is -17.6. The number of ketones is 1. The van der Waals surface area contributed by atoms with Crippen LogP contribution in [-0.4, -0.2) is 29.8 Å². The van der Waals surface area contributed by atoms with Crippen LogP contribution in [0.3, 0.4) is 0 Å². The van der Waals surface area contributed by atoms with Gasteiger partial charge in [-0.05, 0) is 23.2 Å². The molecule has 2 aliphatic carbocycles. The molecule has 5 nitrogen and oxygen atoms in total. The van der Waals surface area contributed by atoms with Crippen molar-refractivity contribution in [3.63, 3.8) is 0 Å². The van der Waals surface area contributed by atoms with Crippen LogP contribution in [0.4, 0.5) is 22.0 Å². The van der Waals surface area contributed by atoms with Crippen molar-refractivity contribution >= 4 is 19.1 Å². The van der Waals surface area contributed by atoms with Gasteiger partial charge in [-0.15, -0.1) is 0 Å². The van der Waals surface area contributed by atoms with E-state index in [0.29, 0.717) is 6.07 Å². The first-order valence-electron chi connectivity index (χ1n) is 8.02. The summed E-state index contributed by atoms with van der Waals surface area (Å²) in [6.07, 6.45) is -0.889. The fourth-order valence-corrected chi connectivity index (χ4v) is 3.72. The van der Waals surface area contributed by atoms with E-state index < -0.39 is 86.5 Å². The van der Waals surface area contributed by atoms with Crippen molar-refractivity contribution in [1.82, 2.24) is 0 Å². The Kier molecular flexibility index (Phi) is 3.69. The highest BCUT2D eigenvalue weighted by Crippen LogP contribution is 2.64. The normalized spacial score (nSPS) is 20.4. The Hall–Kier alpha value is -3.29. The highest BCUT2D eigenvalue weighted by atomic mass is 19.3. The molecule has 1 unspecified atom stereocenters. The number of Topliss-reactive ketones (excluding diaryl/α,β-unsaturated/α-hetero) is 1. The number of carbonyl (C=O) groups is 1. The predicted molar refractivity (Wildman–Crippen MR) is 86.9 cm³/mol. The molecule has 0 aromatic heterocycles. The number of aromatic hydroxyl groups is 2. The van der Waals surface area contributed by atoms with Gasteiger partial charge in [0.25, 0.3) is 0 Å². The number of carbonyl (C=O) groups excluding carboxylic acids is 1. The number of alkyl halides is 4. The zero-order valence-electron chi connectivity index (χ0n) is 14.1. The Morgan fingerprint density at radius 3 is 2.48 bits per heavy atom. The van der Waals surface area contributed by atoms with Gasteiger partial charge in [-0.25, -0.2) is 0 Å². The highest BCUT2D eigenvalue weighted by Gasteiger charge is 2.71. The first-order chi connectivity index (χ1) is 13.4. The van der Waals surface area contributed by atoms with E-state index in [-0.39, 0.29) is 0 Å². The molecule has 2 radical (unpaired) electrons. The first-order valence-corrected chi connectivity index (χ1v) is 8.02. The van der Waals surface area contributed by atoms with Gasteiger partial charge in [-0.3, -0.25) is 4.79 Å². The Morgan fingerprint density at radius 1 is 1.21 bits per heavy atom. The van der Waals surface area contributed by atoms with E-state index in [1.807, 2.05) is 0 Å². The Balaban J connectivity index is 1.92. The number of halogens is 5. The number of nitriles is 1. The van der Waals surface area contributed by atoms with Crippen LogP contribution >= 0.6 is 0 Å². The molecule has 0 heterocycles. The molecule has 0 bridgehead atoms. The number of hydrogen-bond acceptors (Lipinski definition) is 5. The minimum atomic E-state index is -4.50. The third-order valence-electron chi connectivity index (χ3n) is 5.12. The van der Waals surface area contributed by atoms with Gasteiger partial charge in [0.1, 0.15) is 19.7 Å². The zero-order valence-corrected chi connectivity index (χ0v) is 14.1. The minimum absolute atomic E-state index is 0.527. The van der Waals surface area contributed by atoms with Crippen LogP contribution in [0, 0.1) is 17.1 Å². The summed E-state index contributed by atoms with van der Waals surface area (Å²) in [5.41, 5.74) is -3.65. The summed E-state index contributed by atoms with van der Waals surface area (Å²) in [6, 6.07) is 2.83. The van der Waals surface area contributed by atoms with Crippen LogP contribution in [0.2, 0.25) is 0 Å². The summed E-state index contributed by atoms with van der Waals surface area (Å²) in [6.45, 7) is 0. The van der Waals surface area contributed by atoms with Gasteiger partial charge in [0, 0.05) is 12.0 Å². The van der Waals surface area contributed by atoms with Crippen LogP contribution in [0.1, 0.15) is 39.4 Å². The molecule has 2 N–H and O–H groups in total. The molecule has 146 valence electrons. The molecule has 2 aliphatic rings. The Bertz CT molecular complexity index is 1160. The van der Waals surface area contributed by atoms with Crippen molar-refractivity contribution in [2.24, 2.45) is 0 Å². The summed E-state index contributed by atoms with van der Waals surface area (Å²) < 4.78 is 75.7. The monoisotopic (exact) mass is 407 g/mol. The van der Waals surface area contributed by atoms with Crippen LogP contribution in [0.25, 0.3) is 0 Å². The molecule has 4 rings (SSSR count). The third-order valence-corrected chi connectivity index (χ3v) is 5.12. The smallest absolute Gasteiger partial charge is 0.336 e. The molecule has 2 aromatic carbocycles. The number of nitrogens with zero attached hydrogens (tertiary/aromatic N) is 1. The second kappa shape index (κ2) is 5.62. The summed E-state index contributed by atoms with van der Waals surface area (Å²) >= 11 is 0. The molecule has 1 atom stereocenters. The zero-order chi connectivity index (χ0) is 21.5. The van der Waals surface area contributed by atoms with Crippen molar-refractivity contribution in [2.75, 3.05) is 0 Å². The van der Waals surface area contributed by atoms with Gasteiger partial charge in [0.2, 0.25) is 5.82 Å². The van der Waals surface area contributed by atoms with Gasteiger partial charge in [0.05, 0.1) is 17.0 Å². The van der Waals surface area contributed by atoms with E-state index in [1.54, 1.807) is 0 Å². The number of rotatable bonds is 2. The van der Waals surface area contributed by atoms with Gasteiger partial charge in [-0.2, -0.15) is 27.2 Å². The van der Waals surface area contributed by atoms with Crippen molar-refractivity contribution in [2.45, 2.75) is 24.2 Å². The Labute approximate surface area is 160 Å². The summed E-state index contributed by atoms with van der Waals surface area (Å²) in [5, 5.41) is 28.4. The Morgan fingerprint density at radius 2 is 1.86 bits per heavy atom. The van der Waals surface area contributed by atoms with Crippen LogP contribution < -0.4 is 10.2 Å². The number of hydrogen-bond donors (Lipinski definition) is 2. The van der Waals surface area contributed by atoms with Crippen molar-refractivity contribution in [1.29, 1.82) is 5.26 Å². The number of benzene rings is 2. The standard InChI is InChI=1S/C18H7BF5NO4/c19-12-5(4-25)14(27)13(20)15(28)16(12)29-9-2-1-6-10-7(3-8(26)11(9)10)18(23,24)17(6,21)22/h1-2,7,27-28H,3H2. The lowest BCUT2D eigenvalue weighted by atomic mass is 9.88. The van der Waals surface area contributed by atoms with E-state index in [2.05, 4.69) is 0 Å². The van der Waals surface area contributed by atoms with E-state index in [9.17, 15) is 37.0 Å². The second-order valence-corrected chi connectivity index (χ2v) is 6.62. The average molecular weight is 407 g/mol. The maximum absolute atomic E-state index is 14.2. The van der Waals surface area contributed by atoms with E-state index >= 15 is 0 Å². The maximum atomic E-state index is 14.2. The fourth-order valence-electron chi connectivity index (χ4n) is 3.72. The first kappa shape index (κ1) is 19.0. The minimum Gasteiger partial charge on any atom is -0.504 e. The van der Waals surface area contributed by atoms with E-state index in [4.69, 9.17) is 17.8 Å². The topological polar surface area (TPSA) is 90.6 Å². The number of phenolic OH excluding ortho intramolecular Hbond substituents is 2. The van der Waals surface area contributed by atoms with E-state index in [0.717, 1.165) is 6.07 Å². The molecule has 0 spiro atoms. The lowest BCUT2D eigenvalue weighted by Gasteiger charge is -2.23. The van der Waals surface area contributed by atoms with Crippen LogP contribution in [0.5, 0.6) is 23.0 Å². The molecule has 0 saturated carbocycles. The third kappa shape index (κ3) is 2.17. The lowest BCUT2D eigenvalue weighted by Crippen LogP contribution is -2.36. The molecule has 29 heavy (non-hydrogen) atoms. The molecule has 0 fully saturated rings. The van der Waals surface area contributed by atoms with Gasteiger partial charge in [-0.1, -0.05) is 0 Å². The quantitative estimate of drug-likeness (QED) is 0.590. The molecule has 0 aliphatic heterocycles. The average Bonchev–Trinajstić information content (AvgIpc) is 3.08. The lowest BCUT2D eigenvalue weighted by molar-refractivity contribution is -0.214. The second-order valence-electron chi connectivity index (χ2n) is 6.62. The van der Waals surface area contributed by atoms with E-state index in [1.165, 1.54) is 6.07 Å². The molecule has 0 saturated heterocycles. The van der Waals surface area contributed by atoms with Gasteiger partial charge in [0.15, 0.2) is 23.0 Å². The van der Waals surface area contributed by atoms with Crippen molar-refractivity contribution in [3.05, 3.63) is 40.2 Å². The highest BCUT2D eigenvalue weighted by molar-refractivity contribution is 6.36. The molecular weight excluding hydrogens is 400 g/mol. The SMILES string of the molecule is [B]c1c(C#N)c(O)c(F)c(O)c1Oc1ccc2c3c1C(=O)CC3C(F)(F)C2(F)F. The summed E-state index contributed by atoms with van der Waals surface area (Å²) in [4.78, 5) is 12.3. The van der Waals surface area contributed by atoms with Gasteiger partial charge >= 0.3 is 11.8 Å². The largest absolute Gasteiger partial charge is 0.504 e. The van der Waals surface area contributed by atoms with Crippen molar-refractivity contribution in [3.8, 4) is 29.1 Å². The number of phenols is 2. The van der Waals surface area contributed by atoms with Crippen LogP contribution in [-0.2, 0) is 5.92 Å². The molecular formula is C18H7BF5NO4. The van der Waals surface area contributed by atoms with Gasteiger partial charge < -0.3 is 14.9 Å². The molecule has 0 amide bonds. The predicted octanol–water partition coefficient (Wildman–Crippen LogP) is 3.11. The summed E-state index contributed by atoms with van der Waals surface area (Å²) in [7, 11) is 5.59. The maximum Gasteiger partial charge on any atom is 0.336 e. The molecule has 2 aromatic rings.